The fourth-order valence-electron chi connectivity index (χ4n) is 4.40. The van der Waals surface area contributed by atoms with Crippen LogP contribution in [0.2, 0.25) is 20.1 Å². The fraction of sp³-hybridized carbons (Fsp3) is 0.440. The van der Waals surface area contributed by atoms with Gasteiger partial charge in [0.05, 0.1) is 27.0 Å². The Bertz CT molecular complexity index is 1250. The van der Waals surface area contributed by atoms with Gasteiger partial charge >= 0.3 is 0 Å². The Morgan fingerprint density at radius 3 is 2.22 bits per heavy atom. The normalized spacial score (nSPS) is 14.9. The molecule has 1 atom stereocenters. The van der Waals surface area contributed by atoms with Crippen LogP contribution >= 0.6 is 46.4 Å². The standard InChI is InChI=1S/C25H29Cl4N3O4S/c1-3-22(25(34)30-17-9-5-6-10-17)31(14-16-8-4-7-11-18(16)26)24(33)15-32(37(2,35)36)23-13-20(28)19(27)12-21(23)29/h4,7-8,11-13,17,22H,3,5-6,9-10,14-15H2,1-2H3,(H,30,34). The monoisotopic (exact) mass is 607 g/mol. The average molecular weight is 609 g/mol. The minimum Gasteiger partial charge on any atom is -0.352 e. The molecule has 0 spiro atoms. The second-order valence-electron chi connectivity index (χ2n) is 9.01. The molecule has 0 aliphatic heterocycles. The zero-order valence-electron chi connectivity index (χ0n) is 20.5. The third-order valence-corrected chi connectivity index (χ3v) is 8.84. The first-order valence-corrected chi connectivity index (χ1v) is 15.2. The summed E-state index contributed by atoms with van der Waals surface area (Å²) < 4.78 is 26.4. The molecule has 202 valence electrons. The van der Waals surface area contributed by atoms with Crippen molar-refractivity contribution in [1.29, 1.82) is 0 Å². The van der Waals surface area contributed by atoms with Crippen LogP contribution in [-0.2, 0) is 26.2 Å². The van der Waals surface area contributed by atoms with E-state index in [1.807, 2.05) is 0 Å². The molecule has 2 aromatic carbocycles. The zero-order chi connectivity index (χ0) is 27.3. The van der Waals surface area contributed by atoms with E-state index in [4.69, 9.17) is 46.4 Å². The van der Waals surface area contributed by atoms with Gasteiger partial charge in [-0.05, 0) is 43.0 Å². The summed E-state index contributed by atoms with van der Waals surface area (Å²) in [5.74, 6) is -0.880. The molecule has 3 rings (SSSR count). The minimum atomic E-state index is -3.98. The first-order chi connectivity index (χ1) is 17.4. The summed E-state index contributed by atoms with van der Waals surface area (Å²) in [7, 11) is -3.98. The predicted octanol–water partition coefficient (Wildman–Crippen LogP) is 5.93. The van der Waals surface area contributed by atoms with E-state index in [2.05, 4.69) is 5.32 Å². The summed E-state index contributed by atoms with van der Waals surface area (Å²) in [5, 5.41) is 3.72. The van der Waals surface area contributed by atoms with Crippen molar-refractivity contribution >= 4 is 73.9 Å². The summed E-state index contributed by atoms with van der Waals surface area (Å²) in [6, 6.07) is 8.82. The zero-order valence-corrected chi connectivity index (χ0v) is 24.4. The second kappa shape index (κ2) is 12.9. The van der Waals surface area contributed by atoms with Crippen LogP contribution in [0.3, 0.4) is 0 Å². The molecule has 1 aliphatic rings. The van der Waals surface area contributed by atoms with Crippen LogP contribution in [-0.4, -0.2) is 50.0 Å². The smallest absolute Gasteiger partial charge is 0.244 e. The SMILES string of the molecule is CCC(C(=O)NC1CCCC1)N(Cc1ccccc1Cl)C(=O)CN(c1cc(Cl)c(Cl)cc1Cl)S(C)(=O)=O. The number of hydrogen-bond acceptors (Lipinski definition) is 4. The molecule has 1 unspecified atom stereocenters. The maximum absolute atomic E-state index is 13.8. The van der Waals surface area contributed by atoms with Crippen molar-refractivity contribution in [3.8, 4) is 0 Å². The predicted molar refractivity (Wildman–Crippen MR) is 150 cm³/mol. The molecule has 2 aromatic rings. The van der Waals surface area contributed by atoms with Gasteiger partial charge in [-0.15, -0.1) is 0 Å². The first kappa shape index (κ1) is 29.8. The Hall–Kier alpha value is -1.71. The highest BCUT2D eigenvalue weighted by Gasteiger charge is 2.34. The van der Waals surface area contributed by atoms with Crippen LogP contribution < -0.4 is 9.62 Å². The van der Waals surface area contributed by atoms with Gasteiger partial charge < -0.3 is 10.2 Å². The third kappa shape index (κ3) is 7.67. The number of nitrogens with zero attached hydrogens (tertiary/aromatic N) is 2. The Balaban J connectivity index is 1.98. The molecule has 1 aliphatic carbocycles. The highest BCUT2D eigenvalue weighted by atomic mass is 35.5. The minimum absolute atomic E-state index is 0.00747. The summed E-state index contributed by atoms with van der Waals surface area (Å²) in [5.41, 5.74) is 0.635. The third-order valence-electron chi connectivity index (χ3n) is 6.32. The van der Waals surface area contributed by atoms with E-state index in [0.717, 1.165) is 36.2 Å². The Kier molecular flexibility index (Phi) is 10.4. The molecule has 0 bridgehead atoms. The quantitative estimate of drug-likeness (QED) is 0.339. The molecule has 1 N–H and O–H groups in total. The van der Waals surface area contributed by atoms with E-state index < -0.39 is 28.5 Å². The lowest BCUT2D eigenvalue weighted by Crippen LogP contribution is -2.53. The number of benzene rings is 2. The molecule has 0 radical (unpaired) electrons. The van der Waals surface area contributed by atoms with Crippen molar-refractivity contribution in [1.82, 2.24) is 10.2 Å². The van der Waals surface area contributed by atoms with Gasteiger partial charge in [0, 0.05) is 17.6 Å². The Morgan fingerprint density at radius 2 is 1.62 bits per heavy atom. The van der Waals surface area contributed by atoms with Crippen LogP contribution in [0.25, 0.3) is 0 Å². The van der Waals surface area contributed by atoms with E-state index in [0.29, 0.717) is 17.0 Å². The van der Waals surface area contributed by atoms with Gasteiger partial charge in [-0.25, -0.2) is 8.42 Å². The van der Waals surface area contributed by atoms with Crippen molar-refractivity contribution in [3.63, 3.8) is 0 Å². The molecular weight excluding hydrogens is 580 g/mol. The fourth-order valence-corrected chi connectivity index (χ4v) is 6.14. The Morgan fingerprint density at radius 1 is 1.00 bits per heavy atom. The molecule has 0 heterocycles. The van der Waals surface area contributed by atoms with Gasteiger partial charge in [0.2, 0.25) is 21.8 Å². The topological polar surface area (TPSA) is 86.8 Å². The molecular formula is C25H29Cl4N3O4S. The van der Waals surface area contributed by atoms with Gasteiger partial charge in [0.1, 0.15) is 12.6 Å². The number of carbonyl (C=O) groups excluding carboxylic acids is 2. The number of anilines is 1. The lowest BCUT2D eigenvalue weighted by molar-refractivity contribution is -0.140. The van der Waals surface area contributed by atoms with Gasteiger partial charge in [0.15, 0.2) is 0 Å². The van der Waals surface area contributed by atoms with E-state index in [-0.39, 0.29) is 39.2 Å². The lowest BCUT2D eigenvalue weighted by Gasteiger charge is -2.33. The number of carbonyl (C=O) groups is 2. The van der Waals surface area contributed by atoms with Crippen LogP contribution in [0.4, 0.5) is 5.69 Å². The van der Waals surface area contributed by atoms with E-state index in [1.54, 1.807) is 31.2 Å². The lowest BCUT2D eigenvalue weighted by atomic mass is 10.1. The summed E-state index contributed by atoms with van der Waals surface area (Å²) in [6.07, 6.45) is 5.13. The molecule has 1 saturated carbocycles. The second-order valence-corrected chi connectivity index (χ2v) is 12.6. The van der Waals surface area contributed by atoms with E-state index in [1.165, 1.54) is 17.0 Å². The molecule has 12 heteroatoms. The highest BCUT2D eigenvalue weighted by molar-refractivity contribution is 7.92. The number of halogens is 4. The molecule has 7 nitrogen and oxygen atoms in total. The van der Waals surface area contributed by atoms with Gasteiger partial charge in [-0.2, -0.15) is 0 Å². The van der Waals surface area contributed by atoms with Crippen LogP contribution in [0, 0.1) is 0 Å². The van der Waals surface area contributed by atoms with E-state index >= 15 is 0 Å². The number of amides is 2. The maximum atomic E-state index is 13.8. The molecule has 1 fully saturated rings. The summed E-state index contributed by atoms with van der Waals surface area (Å²) >= 11 is 24.8. The molecule has 0 aromatic heterocycles. The van der Waals surface area contributed by atoms with Gasteiger partial charge in [-0.3, -0.25) is 13.9 Å². The van der Waals surface area contributed by atoms with Crippen LogP contribution in [0.1, 0.15) is 44.6 Å². The van der Waals surface area contributed by atoms with Crippen molar-refractivity contribution in [2.24, 2.45) is 0 Å². The Labute approximate surface area is 238 Å². The van der Waals surface area contributed by atoms with Crippen LogP contribution in [0.5, 0.6) is 0 Å². The molecule has 0 saturated heterocycles. The number of rotatable bonds is 10. The van der Waals surface area contributed by atoms with Crippen molar-refractivity contribution in [2.45, 2.75) is 57.7 Å². The van der Waals surface area contributed by atoms with Crippen molar-refractivity contribution < 1.29 is 18.0 Å². The summed E-state index contributed by atoms with van der Waals surface area (Å²) in [4.78, 5) is 28.5. The summed E-state index contributed by atoms with van der Waals surface area (Å²) in [6.45, 7) is 1.21. The van der Waals surface area contributed by atoms with Crippen LogP contribution in [0.15, 0.2) is 36.4 Å². The highest BCUT2D eigenvalue weighted by Crippen LogP contribution is 2.36. The largest absolute Gasteiger partial charge is 0.352 e. The molecule has 2 amide bonds. The molecule has 37 heavy (non-hydrogen) atoms. The number of hydrogen-bond donors (Lipinski definition) is 1. The first-order valence-electron chi connectivity index (χ1n) is 11.9. The van der Waals surface area contributed by atoms with Gasteiger partial charge in [-0.1, -0.05) is 84.4 Å². The van der Waals surface area contributed by atoms with E-state index in [9.17, 15) is 18.0 Å². The number of sulfonamides is 1. The van der Waals surface area contributed by atoms with Crippen molar-refractivity contribution in [3.05, 3.63) is 62.1 Å². The average Bonchev–Trinajstić information content (AvgIpc) is 3.33. The number of nitrogens with one attached hydrogen (secondary N) is 1. The maximum Gasteiger partial charge on any atom is 0.244 e. The van der Waals surface area contributed by atoms with Gasteiger partial charge in [0.25, 0.3) is 0 Å². The van der Waals surface area contributed by atoms with Crippen molar-refractivity contribution in [2.75, 3.05) is 17.1 Å².